The van der Waals surface area contributed by atoms with Crippen molar-refractivity contribution in [1.29, 1.82) is 0 Å². The second kappa shape index (κ2) is 7.44. The van der Waals surface area contributed by atoms with E-state index in [-0.39, 0.29) is 11.1 Å². The number of nitrogens with one attached hydrogen (secondary N) is 1. The molecular formula is C20H21N5O2S. The first-order chi connectivity index (χ1) is 13.1. The van der Waals surface area contributed by atoms with Crippen LogP contribution in [0.3, 0.4) is 0 Å². The smallest absolute Gasteiger partial charge is 0.270 e. The van der Waals surface area contributed by atoms with E-state index in [0.717, 1.165) is 10.4 Å². The van der Waals surface area contributed by atoms with E-state index in [9.17, 15) is 10.1 Å². The van der Waals surface area contributed by atoms with Crippen LogP contribution in [0.2, 0.25) is 0 Å². The van der Waals surface area contributed by atoms with E-state index >= 15 is 0 Å². The molecule has 0 aliphatic heterocycles. The summed E-state index contributed by atoms with van der Waals surface area (Å²) in [6.45, 7) is 8.06. The fraction of sp³-hybridized carbons (Fsp3) is 0.300. The van der Waals surface area contributed by atoms with E-state index < -0.39 is 4.92 Å². The Kier molecular flexibility index (Phi) is 5.21. The Labute approximate surface area is 167 Å². The Morgan fingerprint density at radius 3 is 2.68 bits per heavy atom. The molecule has 0 aliphatic carbocycles. The summed E-state index contributed by atoms with van der Waals surface area (Å²) in [6.07, 6.45) is 3.60. The van der Waals surface area contributed by atoms with Gasteiger partial charge in [-0.3, -0.25) is 14.8 Å². The van der Waals surface area contributed by atoms with Gasteiger partial charge in [-0.25, -0.2) is 4.98 Å². The van der Waals surface area contributed by atoms with Crippen LogP contribution < -0.4 is 5.32 Å². The van der Waals surface area contributed by atoms with Gasteiger partial charge in [0.05, 0.1) is 16.2 Å². The number of aryl methyl sites for hydroxylation is 2. The van der Waals surface area contributed by atoms with Crippen molar-refractivity contribution in [3.8, 4) is 23.1 Å². The average molecular weight is 395 g/mol. The molecule has 2 aromatic heterocycles. The van der Waals surface area contributed by atoms with Gasteiger partial charge in [0.1, 0.15) is 5.69 Å². The highest BCUT2D eigenvalue weighted by Crippen LogP contribution is 2.35. The van der Waals surface area contributed by atoms with Crippen molar-refractivity contribution in [1.82, 2.24) is 14.8 Å². The van der Waals surface area contributed by atoms with Gasteiger partial charge in [-0.1, -0.05) is 11.8 Å². The second-order valence-electron chi connectivity index (χ2n) is 7.45. The maximum Gasteiger partial charge on any atom is 0.270 e. The molecule has 0 amide bonds. The van der Waals surface area contributed by atoms with Crippen LogP contribution in [0.15, 0.2) is 30.6 Å². The predicted octanol–water partition coefficient (Wildman–Crippen LogP) is 4.90. The summed E-state index contributed by atoms with van der Waals surface area (Å²) in [6, 6.07) is 4.67. The van der Waals surface area contributed by atoms with Crippen molar-refractivity contribution >= 4 is 27.8 Å². The topological polar surface area (TPSA) is 85.9 Å². The van der Waals surface area contributed by atoms with Crippen LogP contribution >= 0.6 is 11.3 Å². The van der Waals surface area contributed by atoms with Crippen molar-refractivity contribution in [3.05, 3.63) is 51.1 Å². The number of hydrogen-bond acceptors (Lipinski definition) is 6. The molecule has 8 heteroatoms. The average Bonchev–Trinajstić information content (AvgIpc) is 3.18. The highest BCUT2D eigenvalue weighted by molar-refractivity contribution is 7.15. The Morgan fingerprint density at radius 1 is 1.32 bits per heavy atom. The molecule has 144 valence electrons. The summed E-state index contributed by atoms with van der Waals surface area (Å²) in [5.74, 6) is 6.38. The Morgan fingerprint density at radius 2 is 2.07 bits per heavy atom. The van der Waals surface area contributed by atoms with Crippen LogP contribution in [0.4, 0.5) is 16.5 Å². The summed E-state index contributed by atoms with van der Waals surface area (Å²) in [4.78, 5) is 16.3. The van der Waals surface area contributed by atoms with Crippen LogP contribution in [-0.2, 0) is 7.05 Å². The third-order valence-electron chi connectivity index (χ3n) is 3.73. The first kappa shape index (κ1) is 19.6. The third-order valence-corrected chi connectivity index (χ3v) is 4.56. The quantitative estimate of drug-likeness (QED) is 0.386. The number of aromatic nitrogens is 3. The molecule has 0 radical (unpaired) electrons. The maximum absolute atomic E-state index is 11.3. The number of anilines is 2. The number of nitro benzene ring substituents is 1. The molecule has 1 N–H and O–H groups in total. The fourth-order valence-electron chi connectivity index (χ4n) is 2.51. The standard InChI is InChI=1S/C20H21N5O2S/c1-13-11-21-19(28-13)22-17-7-6-15(25(26)27)10-16(17)18-14(12-24(5)23-18)8-9-20(2,3)4/h6-7,10-12H,1-5H3,(H,21,22). The number of benzene rings is 1. The van der Waals surface area contributed by atoms with Crippen LogP contribution in [0, 0.1) is 34.3 Å². The van der Waals surface area contributed by atoms with Gasteiger partial charge in [-0.15, -0.1) is 11.3 Å². The van der Waals surface area contributed by atoms with Gasteiger partial charge in [0.25, 0.3) is 5.69 Å². The number of non-ortho nitro benzene ring substituents is 1. The first-order valence-electron chi connectivity index (χ1n) is 8.67. The van der Waals surface area contributed by atoms with Gasteiger partial charge >= 0.3 is 0 Å². The summed E-state index contributed by atoms with van der Waals surface area (Å²) >= 11 is 1.51. The van der Waals surface area contributed by atoms with Gasteiger partial charge in [0, 0.05) is 47.4 Å². The van der Waals surface area contributed by atoms with Crippen molar-refractivity contribution < 1.29 is 4.92 Å². The van der Waals surface area contributed by atoms with Crippen LogP contribution in [-0.4, -0.2) is 19.7 Å². The van der Waals surface area contributed by atoms with Crippen molar-refractivity contribution in [2.24, 2.45) is 12.5 Å². The van der Waals surface area contributed by atoms with Crippen molar-refractivity contribution in [2.45, 2.75) is 27.7 Å². The Balaban J connectivity index is 2.15. The molecule has 0 spiro atoms. The van der Waals surface area contributed by atoms with Gasteiger partial charge in [-0.05, 0) is 33.8 Å². The lowest BCUT2D eigenvalue weighted by Gasteiger charge is -2.10. The number of rotatable bonds is 4. The van der Waals surface area contributed by atoms with Gasteiger partial charge < -0.3 is 5.32 Å². The molecule has 0 bridgehead atoms. The molecular weight excluding hydrogens is 374 g/mol. The van der Waals surface area contributed by atoms with Gasteiger partial charge in [-0.2, -0.15) is 5.10 Å². The summed E-state index contributed by atoms with van der Waals surface area (Å²) < 4.78 is 1.66. The van der Waals surface area contributed by atoms with E-state index in [0.29, 0.717) is 22.1 Å². The highest BCUT2D eigenvalue weighted by atomic mass is 32.1. The summed E-state index contributed by atoms with van der Waals surface area (Å²) in [5.41, 5.74) is 2.44. The molecule has 7 nitrogen and oxygen atoms in total. The summed E-state index contributed by atoms with van der Waals surface area (Å²) in [5, 5.41) is 19.8. The molecule has 3 rings (SSSR count). The largest absolute Gasteiger partial charge is 0.331 e. The van der Waals surface area contributed by atoms with Crippen LogP contribution in [0.1, 0.15) is 31.2 Å². The number of nitrogens with zero attached hydrogens (tertiary/aromatic N) is 4. The normalized spacial score (nSPS) is 11.0. The predicted molar refractivity (Wildman–Crippen MR) is 112 cm³/mol. The minimum atomic E-state index is -0.412. The molecule has 3 aromatic rings. The van der Waals surface area contributed by atoms with E-state index in [1.165, 1.54) is 23.5 Å². The van der Waals surface area contributed by atoms with E-state index in [1.807, 2.05) is 33.9 Å². The molecule has 0 saturated carbocycles. The van der Waals surface area contributed by atoms with Crippen LogP contribution in [0.25, 0.3) is 11.3 Å². The zero-order valence-electron chi connectivity index (χ0n) is 16.4. The lowest BCUT2D eigenvalue weighted by molar-refractivity contribution is -0.384. The first-order valence-corrected chi connectivity index (χ1v) is 9.49. The Bertz CT molecular complexity index is 1100. The zero-order chi connectivity index (χ0) is 20.5. The zero-order valence-corrected chi connectivity index (χ0v) is 17.2. The monoisotopic (exact) mass is 395 g/mol. The molecule has 1 aromatic carbocycles. The lowest BCUT2D eigenvalue weighted by atomic mass is 9.97. The number of hydrogen-bond donors (Lipinski definition) is 1. The van der Waals surface area contributed by atoms with E-state index in [1.54, 1.807) is 24.0 Å². The second-order valence-corrected chi connectivity index (χ2v) is 8.69. The maximum atomic E-state index is 11.3. The van der Waals surface area contributed by atoms with Gasteiger partial charge in [0.2, 0.25) is 0 Å². The molecule has 2 heterocycles. The van der Waals surface area contributed by atoms with Crippen LogP contribution in [0.5, 0.6) is 0 Å². The van der Waals surface area contributed by atoms with Crippen molar-refractivity contribution in [3.63, 3.8) is 0 Å². The molecule has 0 unspecified atom stereocenters. The van der Waals surface area contributed by atoms with Gasteiger partial charge in [0.15, 0.2) is 5.13 Å². The van der Waals surface area contributed by atoms with E-state index in [4.69, 9.17) is 0 Å². The minimum absolute atomic E-state index is 0.00347. The fourth-order valence-corrected chi connectivity index (χ4v) is 3.19. The molecule has 0 atom stereocenters. The number of nitro groups is 1. The molecule has 28 heavy (non-hydrogen) atoms. The molecule has 0 aliphatic rings. The SMILES string of the molecule is Cc1cnc(Nc2ccc([N+](=O)[O-])cc2-c2nn(C)cc2C#CC(C)(C)C)s1. The lowest BCUT2D eigenvalue weighted by Crippen LogP contribution is -2.00. The highest BCUT2D eigenvalue weighted by Gasteiger charge is 2.18. The summed E-state index contributed by atoms with van der Waals surface area (Å²) in [7, 11) is 1.81. The Hall–Kier alpha value is -3.18. The molecule has 0 fully saturated rings. The molecule has 0 saturated heterocycles. The van der Waals surface area contributed by atoms with E-state index in [2.05, 4.69) is 27.2 Å². The third kappa shape index (κ3) is 4.56. The minimum Gasteiger partial charge on any atom is -0.331 e. The van der Waals surface area contributed by atoms with Crippen molar-refractivity contribution in [2.75, 3.05) is 5.32 Å². The number of thiazole rings is 1.